The van der Waals surface area contributed by atoms with Crippen LogP contribution in [0.5, 0.6) is 11.5 Å². The summed E-state index contributed by atoms with van der Waals surface area (Å²) in [5, 5.41) is 2.80. The predicted molar refractivity (Wildman–Crippen MR) is 105 cm³/mol. The van der Waals surface area contributed by atoms with E-state index < -0.39 is 6.36 Å². The number of nitrogens with zero attached hydrogens (tertiary/aromatic N) is 1. The van der Waals surface area contributed by atoms with E-state index in [1.165, 1.54) is 24.3 Å². The van der Waals surface area contributed by atoms with Crippen LogP contribution in [0.2, 0.25) is 0 Å². The van der Waals surface area contributed by atoms with Crippen LogP contribution >= 0.6 is 24.0 Å². The topological polar surface area (TPSA) is 68.9 Å². The van der Waals surface area contributed by atoms with E-state index in [9.17, 15) is 13.2 Å². The summed E-state index contributed by atoms with van der Waals surface area (Å²) in [6.07, 6.45) is -4.72. The molecular formula is C17H19F3IN3O2. The summed E-state index contributed by atoms with van der Waals surface area (Å²) < 4.78 is 45.5. The second-order valence-electron chi connectivity index (χ2n) is 4.98. The Morgan fingerprint density at radius 2 is 1.81 bits per heavy atom. The van der Waals surface area contributed by atoms with Gasteiger partial charge >= 0.3 is 6.36 Å². The summed E-state index contributed by atoms with van der Waals surface area (Å²) in [5.74, 6) is 0.592. The lowest BCUT2D eigenvalue weighted by Crippen LogP contribution is -2.22. The van der Waals surface area contributed by atoms with E-state index in [-0.39, 0.29) is 35.7 Å². The normalized spacial score (nSPS) is 11.5. The maximum absolute atomic E-state index is 12.1. The molecule has 0 aliphatic carbocycles. The summed E-state index contributed by atoms with van der Waals surface area (Å²) in [6.45, 7) is 2.82. The fourth-order valence-electron chi connectivity index (χ4n) is 2.00. The smallest absolute Gasteiger partial charge is 0.494 e. The zero-order valence-electron chi connectivity index (χ0n) is 13.9. The van der Waals surface area contributed by atoms with Gasteiger partial charge in [0.2, 0.25) is 0 Å². The van der Waals surface area contributed by atoms with Crippen molar-refractivity contribution in [2.24, 2.45) is 10.7 Å². The quantitative estimate of drug-likeness (QED) is 0.362. The molecule has 3 N–H and O–H groups in total. The van der Waals surface area contributed by atoms with Gasteiger partial charge < -0.3 is 20.5 Å². The van der Waals surface area contributed by atoms with E-state index >= 15 is 0 Å². The summed E-state index contributed by atoms with van der Waals surface area (Å²) >= 11 is 0. The van der Waals surface area contributed by atoms with Crippen molar-refractivity contribution >= 4 is 35.6 Å². The number of nitrogens with one attached hydrogen (secondary N) is 1. The molecule has 0 radical (unpaired) electrons. The Morgan fingerprint density at radius 3 is 2.42 bits per heavy atom. The van der Waals surface area contributed by atoms with Gasteiger partial charge in [0.25, 0.3) is 0 Å². The maximum Gasteiger partial charge on any atom is 0.573 e. The van der Waals surface area contributed by atoms with E-state index in [0.717, 1.165) is 11.3 Å². The lowest BCUT2D eigenvalue weighted by molar-refractivity contribution is -0.274. The van der Waals surface area contributed by atoms with Crippen molar-refractivity contribution in [3.63, 3.8) is 0 Å². The molecule has 9 heteroatoms. The Hall–Kier alpha value is -2.17. The molecule has 0 saturated heterocycles. The number of benzene rings is 2. The Balaban J connectivity index is 0.00000338. The summed E-state index contributed by atoms with van der Waals surface area (Å²) in [6, 6.07) is 12.7. The molecule has 0 aliphatic heterocycles. The number of aliphatic imine (C=N–C) groups is 1. The van der Waals surface area contributed by atoms with Crippen molar-refractivity contribution in [3.05, 3.63) is 54.1 Å². The fraction of sp³-hybridized carbons (Fsp3) is 0.235. The molecule has 2 aromatic rings. The number of guanidine groups is 1. The molecule has 0 bridgehead atoms. The molecule has 0 spiro atoms. The standard InChI is InChI=1S/C17H18F3N3O2.HI/c1-2-24-15-5-3-4-12(10-15)11-22-16(21)23-13-6-8-14(9-7-13)25-17(18,19)20;/h3-10H,2,11H2,1H3,(H3,21,22,23);1H. The summed E-state index contributed by atoms with van der Waals surface area (Å²) in [4.78, 5) is 4.19. The van der Waals surface area contributed by atoms with Gasteiger partial charge in [-0.25, -0.2) is 4.99 Å². The summed E-state index contributed by atoms with van der Waals surface area (Å²) in [7, 11) is 0. The molecule has 0 saturated carbocycles. The second kappa shape index (κ2) is 10.1. The molecule has 0 amide bonds. The highest BCUT2D eigenvalue weighted by Crippen LogP contribution is 2.23. The Labute approximate surface area is 166 Å². The van der Waals surface area contributed by atoms with Gasteiger partial charge in [-0.3, -0.25) is 0 Å². The van der Waals surface area contributed by atoms with Crippen LogP contribution < -0.4 is 20.5 Å². The van der Waals surface area contributed by atoms with Gasteiger partial charge in [0.05, 0.1) is 13.2 Å². The average Bonchev–Trinajstić information content (AvgIpc) is 2.54. The average molecular weight is 481 g/mol. The molecule has 0 fully saturated rings. The van der Waals surface area contributed by atoms with E-state index in [1.54, 1.807) is 0 Å². The van der Waals surface area contributed by atoms with Crippen LogP contribution in [0.1, 0.15) is 12.5 Å². The highest BCUT2D eigenvalue weighted by atomic mass is 127. The lowest BCUT2D eigenvalue weighted by Gasteiger charge is -2.10. The maximum atomic E-state index is 12.1. The van der Waals surface area contributed by atoms with Crippen LogP contribution in [0.15, 0.2) is 53.5 Å². The Morgan fingerprint density at radius 1 is 1.12 bits per heavy atom. The molecule has 0 unspecified atom stereocenters. The molecule has 142 valence electrons. The van der Waals surface area contributed by atoms with Crippen molar-refractivity contribution < 1.29 is 22.6 Å². The molecular weight excluding hydrogens is 462 g/mol. The van der Waals surface area contributed by atoms with E-state index in [1.807, 2.05) is 31.2 Å². The van der Waals surface area contributed by atoms with Gasteiger partial charge in [0.15, 0.2) is 5.96 Å². The number of rotatable bonds is 6. The van der Waals surface area contributed by atoms with E-state index in [4.69, 9.17) is 10.5 Å². The monoisotopic (exact) mass is 481 g/mol. The highest BCUT2D eigenvalue weighted by molar-refractivity contribution is 14.0. The van der Waals surface area contributed by atoms with Gasteiger partial charge in [-0.15, -0.1) is 37.1 Å². The third-order valence-corrected chi connectivity index (χ3v) is 3.00. The number of alkyl halides is 3. The zero-order valence-corrected chi connectivity index (χ0v) is 16.2. The van der Waals surface area contributed by atoms with Crippen LogP contribution in [0, 0.1) is 0 Å². The largest absolute Gasteiger partial charge is 0.573 e. The van der Waals surface area contributed by atoms with Crippen molar-refractivity contribution in [3.8, 4) is 11.5 Å². The fourth-order valence-corrected chi connectivity index (χ4v) is 2.00. The molecule has 26 heavy (non-hydrogen) atoms. The molecule has 0 aliphatic rings. The minimum Gasteiger partial charge on any atom is -0.494 e. The Bertz CT molecular complexity index is 722. The molecule has 2 rings (SSSR count). The lowest BCUT2D eigenvalue weighted by atomic mass is 10.2. The molecule has 0 heterocycles. The van der Waals surface area contributed by atoms with Gasteiger partial charge in [-0.1, -0.05) is 12.1 Å². The van der Waals surface area contributed by atoms with Crippen LogP contribution in [0.25, 0.3) is 0 Å². The van der Waals surface area contributed by atoms with Gasteiger partial charge in [0, 0.05) is 5.69 Å². The third kappa shape index (κ3) is 7.81. The van der Waals surface area contributed by atoms with Crippen molar-refractivity contribution in [1.29, 1.82) is 0 Å². The van der Waals surface area contributed by atoms with Crippen LogP contribution in [0.3, 0.4) is 0 Å². The molecule has 0 aromatic heterocycles. The van der Waals surface area contributed by atoms with Crippen molar-refractivity contribution in [2.75, 3.05) is 11.9 Å². The van der Waals surface area contributed by atoms with E-state index in [0.29, 0.717) is 18.8 Å². The zero-order chi connectivity index (χ0) is 18.3. The minimum absolute atomic E-state index is 0. The van der Waals surface area contributed by atoms with Gasteiger partial charge in [-0.05, 0) is 48.9 Å². The number of anilines is 1. The third-order valence-electron chi connectivity index (χ3n) is 3.00. The SMILES string of the molecule is CCOc1cccc(CN=C(N)Nc2ccc(OC(F)(F)F)cc2)c1.I. The number of halogens is 4. The van der Waals surface area contributed by atoms with Crippen LogP contribution in [-0.4, -0.2) is 18.9 Å². The first kappa shape index (κ1) is 21.9. The first-order valence-electron chi connectivity index (χ1n) is 7.50. The van der Waals surface area contributed by atoms with Gasteiger partial charge in [0.1, 0.15) is 11.5 Å². The first-order valence-corrected chi connectivity index (χ1v) is 7.50. The first-order chi connectivity index (χ1) is 11.9. The number of nitrogens with two attached hydrogens (primary N) is 1. The molecule has 0 atom stereocenters. The number of ether oxygens (including phenoxy) is 2. The highest BCUT2D eigenvalue weighted by Gasteiger charge is 2.30. The Kier molecular flexibility index (Phi) is 8.49. The molecule has 5 nitrogen and oxygen atoms in total. The van der Waals surface area contributed by atoms with Crippen LogP contribution in [-0.2, 0) is 6.54 Å². The second-order valence-corrected chi connectivity index (χ2v) is 4.98. The predicted octanol–water partition coefficient (Wildman–Crippen LogP) is 4.53. The van der Waals surface area contributed by atoms with Crippen molar-refractivity contribution in [2.45, 2.75) is 19.8 Å². The van der Waals surface area contributed by atoms with Crippen LogP contribution in [0.4, 0.5) is 18.9 Å². The van der Waals surface area contributed by atoms with Crippen molar-refractivity contribution in [1.82, 2.24) is 0 Å². The minimum atomic E-state index is -4.72. The van der Waals surface area contributed by atoms with E-state index in [2.05, 4.69) is 15.0 Å². The number of hydrogen-bond donors (Lipinski definition) is 2. The summed E-state index contributed by atoms with van der Waals surface area (Å²) in [5.41, 5.74) is 7.21. The molecule has 2 aromatic carbocycles. The van der Waals surface area contributed by atoms with Gasteiger partial charge in [-0.2, -0.15) is 0 Å². The number of hydrogen-bond acceptors (Lipinski definition) is 3.